The summed E-state index contributed by atoms with van der Waals surface area (Å²) in [5.41, 5.74) is 1.01. The Bertz CT molecular complexity index is 595. The van der Waals surface area contributed by atoms with E-state index in [1.54, 1.807) is 11.3 Å². The summed E-state index contributed by atoms with van der Waals surface area (Å²) in [6.45, 7) is 0.784. The normalized spacial score (nSPS) is 12.4. The van der Waals surface area contributed by atoms with Crippen molar-refractivity contribution in [3.05, 3.63) is 46.2 Å². The number of fused-ring (bicyclic) bond motifs is 1. The molecular weight excluding hydrogens is 274 g/mol. The number of nitrogens with one attached hydrogen (secondary N) is 1. The van der Waals surface area contributed by atoms with Gasteiger partial charge >= 0.3 is 0 Å². The Morgan fingerprint density at radius 2 is 2.15 bits per heavy atom. The average Bonchev–Trinajstić information content (AvgIpc) is 3.13. The Morgan fingerprint density at radius 3 is 3.00 bits per heavy atom. The molecule has 0 atom stereocenters. The van der Waals surface area contributed by atoms with E-state index in [1.807, 2.05) is 29.6 Å². The summed E-state index contributed by atoms with van der Waals surface area (Å²) < 4.78 is 10.6. The molecule has 3 rings (SSSR count). The highest BCUT2D eigenvalue weighted by atomic mass is 32.1. The number of rotatable bonds is 5. The summed E-state index contributed by atoms with van der Waals surface area (Å²) in [7, 11) is 0. The first-order valence-corrected chi connectivity index (χ1v) is 7.37. The number of carbonyl (C=O) groups excluding carboxylic acids is 1. The number of hydrogen-bond acceptors (Lipinski definition) is 4. The van der Waals surface area contributed by atoms with Crippen molar-refractivity contribution in [2.24, 2.45) is 0 Å². The van der Waals surface area contributed by atoms with Gasteiger partial charge in [-0.1, -0.05) is 12.1 Å². The number of carbonyl (C=O) groups is 1. The van der Waals surface area contributed by atoms with E-state index >= 15 is 0 Å². The molecule has 0 spiro atoms. The lowest BCUT2D eigenvalue weighted by molar-refractivity contribution is -0.121. The Kier molecular flexibility index (Phi) is 3.87. The largest absolute Gasteiger partial charge is 0.454 e. The number of thiophene rings is 1. The Morgan fingerprint density at radius 1 is 1.25 bits per heavy atom. The Balaban J connectivity index is 1.48. The van der Waals surface area contributed by atoms with Crippen LogP contribution in [0.15, 0.2) is 35.7 Å². The molecule has 0 aliphatic carbocycles. The molecule has 2 aromatic rings. The van der Waals surface area contributed by atoms with E-state index in [-0.39, 0.29) is 12.7 Å². The maximum atomic E-state index is 11.8. The molecule has 4 nitrogen and oxygen atoms in total. The van der Waals surface area contributed by atoms with Crippen molar-refractivity contribution in [2.45, 2.75) is 19.4 Å². The molecule has 0 unspecified atom stereocenters. The van der Waals surface area contributed by atoms with Crippen LogP contribution in [0.5, 0.6) is 11.5 Å². The van der Waals surface area contributed by atoms with Gasteiger partial charge in [0.1, 0.15) is 0 Å². The van der Waals surface area contributed by atoms with Gasteiger partial charge in [-0.2, -0.15) is 0 Å². The molecule has 104 valence electrons. The van der Waals surface area contributed by atoms with Gasteiger partial charge in [0.05, 0.1) is 0 Å². The van der Waals surface area contributed by atoms with E-state index in [2.05, 4.69) is 11.4 Å². The van der Waals surface area contributed by atoms with Gasteiger partial charge in [0.15, 0.2) is 11.5 Å². The van der Waals surface area contributed by atoms with Crippen LogP contribution in [0.1, 0.15) is 16.9 Å². The molecule has 1 N–H and O–H groups in total. The maximum Gasteiger partial charge on any atom is 0.231 e. The topological polar surface area (TPSA) is 47.6 Å². The summed E-state index contributed by atoms with van der Waals surface area (Å²) in [5, 5.41) is 4.95. The third-order valence-electron chi connectivity index (χ3n) is 3.11. The van der Waals surface area contributed by atoms with Crippen LogP contribution in [0.25, 0.3) is 0 Å². The monoisotopic (exact) mass is 289 g/mol. The molecule has 2 heterocycles. The van der Waals surface area contributed by atoms with Gasteiger partial charge in [-0.25, -0.2) is 0 Å². The minimum absolute atomic E-state index is 0.0658. The fourth-order valence-electron chi connectivity index (χ4n) is 2.03. The summed E-state index contributed by atoms with van der Waals surface area (Å²) in [5.74, 6) is 1.57. The maximum absolute atomic E-state index is 11.8. The third kappa shape index (κ3) is 3.11. The molecule has 0 fully saturated rings. The summed E-state index contributed by atoms with van der Waals surface area (Å²) >= 11 is 1.68. The molecule has 0 radical (unpaired) electrons. The highest BCUT2D eigenvalue weighted by Crippen LogP contribution is 2.32. The minimum atomic E-state index is 0.0658. The molecule has 20 heavy (non-hydrogen) atoms. The van der Waals surface area contributed by atoms with Gasteiger partial charge in [-0.05, 0) is 35.6 Å². The third-order valence-corrected chi connectivity index (χ3v) is 4.04. The van der Waals surface area contributed by atoms with E-state index < -0.39 is 0 Å². The predicted octanol–water partition coefficient (Wildman–Crippen LogP) is 2.73. The molecule has 0 bridgehead atoms. The van der Waals surface area contributed by atoms with Gasteiger partial charge in [0, 0.05) is 17.8 Å². The minimum Gasteiger partial charge on any atom is -0.454 e. The lowest BCUT2D eigenvalue weighted by Gasteiger charge is -2.06. The van der Waals surface area contributed by atoms with Crippen molar-refractivity contribution in [1.29, 1.82) is 0 Å². The van der Waals surface area contributed by atoms with Gasteiger partial charge < -0.3 is 14.8 Å². The second-order valence-electron chi connectivity index (χ2n) is 4.54. The van der Waals surface area contributed by atoms with E-state index in [0.29, 0.717) is 13.0 Å². The molecule has 1 aromatic carbocycles. The van der Waals surface area contributed by atoms with E-state index in [1.165, 1.54) is 4.88 Å². The van der Waals surface area contributed by atoms with Crippen LogP contribution in [0, 0.1) is 0 Å². The van der Waals surface area contributed by atoms with Crippen LogP contribution in [-0.2, 0) is 17.8 Å². The summed E-state index contributed by atoms with van der Waals surface area (Å²) in [4.78, 5) is 13.0. The molecule has 1 amide bonds. The van der Waals surface area contributed by atoms with Crippen LogP contribution in [0.4, 0.5) is 0 Å². The van der Waals surface area contributed by atoms with Crippen LogP contribution in [0.3, 0.4) is 0 Å². The van der Waals surface area contributed by atoms with Crippen LogP contribution < -0.4 is 14.8 Å². The van der Waals surface area contributed by atoms with E-state index in [4.69, 9.17) is 9.47 Å². The van der Waals surface area contributed by atoms with Gasteiger partial charge in [-0.3, -0.25) is 4.79 Å². The summed E-state index contributed by atoms with van der Waals surface area (Å²) in [6, 6.07) is 9.77. The zero-order chi connectivity index (χ0) is 13.8. The lowest BCUT2D eigenvalue weighted by atomic mass is 10.2. The van der Waals surface area contributed by atoms with Crippen LogP contribution >= 0.6 is 11.3 Å². The lowest BCUT2D eigenvalue weighted by Crippen LogP contribution is -2.22. The van der Waals surface area contributed by atoms with Gasteiger partial charge in [0.25, 0.3) is 0 Å². The molecule has 1 aromatic heterocycles. The van der Waals surface area contributed by atoms with Crippen molar-refractivity contribution in [3.63, 3.8) is 0 Å². The van der Waals surface area contributed by atoms with Crippen molar-refractivity contribution in [2.75, 3.05) is 6.79 Å². The fraction of sp³-hybridized carbons (Fsp3) is 0.267. The second kappa shape index (κ2) is 5.96. The van der Waals surface area contributed by atoms with Crippen LogP contribution in [-0.4, -0.2) is 12.7 Å². The first kappa shape index (κ1) is 13.0. The van der Waals surface area contributed by atoms with Gasteiger partial charge in [0.2, 0.25) is 12.7 Å². The smallest absolute Gasteiger partial charge is 0.231 e. The number of benzene rings is 1. The molecule has 0 saturated heterocycles. The molecule has 5 heteroatoms. The van der Waals surface area contributed by atoms with Crippen LogP contribution in [0.2, 0.25) is 0 Å². The zero-order valence-corrected chi connectivity index (χ0v) is 11.7. The van der Waals surface area contributed by atoms with Crippen molar-refractivity contribution < 1.29 is 14.3 Å². The van der Waals surface area contributed by atoms with E-state index in [0.717, 1.165) is 23.5 Å². The predicted molar refractivity (Wildman–Crippen MR) is 77.1 cm³/mol. The highest BCUT2D eigenvalue weighted by Gasteiger charge is 2.13. The SMILES string of the molecule is O=C(CCc1cccs1)NCc1ccc2c(c1)OCO2. The average molecular weight is 289 g/mol. The molecule has 1 aliphatic heterocycles. The van der Waals surface area contributed by atoms with E-state index in [9.17, 15) is 4.79 Å². The summed E-state index contributed by atoms with van der Waals surface area (Å²) in [6.07, 6.45) is 1.32. The number of amides is 1. The quantitative estimate of drug-likeness (QED) is 0.920. The number of hydrogen-bond donors (Lipinski definition) is 1. The zero-order valence-electron chi connectivity index (χ0n) is 10.9. The van der Waals surface area contributed by atoms with Crippen molar-refractivity contribution >= 4 is 17.2 Å². The Hall–Kier alpha value is -2.01. The van der Waals surface area contributed by atoms with Crippen molar-refractivity contribution in [3.8, 4) is 11.5 Å². The number of aryl methyl sites for hydroxylation is 1. The second-order valence-corrected chi connectivity index (χ2v) is 5.58. The first-order chi connectivity index (χ1) is 9.81. The molecule has 0 saturated carbocycles. The van der Waals surface area contributed by atoms with Crippen molar-refractivity contribution in [1.82, 2.24) is 5.32 Å². The number of ether oxygens (including phenoxy) is 2. The molecular formula is C15H15NO3S. The Labute approximate surface area is 121 Å². The first-order valence-electron chi connectivity index (χ1n) is 6.49. The fourth-order valence-corrected chi connectivity index (χ4v) is 2.74. The highest BCUT2D eigenvalue weighted by molar-refractivity contribution is 7.09. The molecule has 1 aliphatic rings. The standard InChI is InChI=1S/C15H15NO3S/c17-15(6-4-12-2-1-7-20-12)16-9-11-3-5-13-14(8-11)19-10-18-13/h1-3,5,7-8H,4,6,9-10H2,(H,16,17). The van der Waals surface area contributed by atoms with Gasteiger partial charge in [-0.15, -0.1) is 11.3 Å².